The molecule has 0 amide bonds. The summed E-state index contributed by atoms with van der Waals surface area (Å²) < 4.78 is 12.0. The van der Waals surface area contributed by atoms with Gasteiger partial charge in [0.15, 0.2) is 13.7 Å². The van der Waals surface area contributed by atoms with Crippen LogP contribution in [0.4, 0.5) is 0 Å². The van der Waals surface area contributed by atoms with Crippen molar-refractivity contribution in [2.75, 3.05) is 0 Å². The van der Waals surface area contributed by atoms with Crippen LogP contribution in [0.3, 0.4) is 0 Å². The standard InChI is InChI=1S/C19H36O5Si/c1-8-19(9-2,16(20)21)17(22)23-14-10-12-15(13-11-14)24-25(6,7)18(3,4)5/h14-15H,8-13H2,1-7H3,(H,20,21). The van der Waals surface area contributed by atoms with E-state index in [1.54, 1.807) is 13.8 Å². The number of hydrogen-bond donors (Lipinski definition) is 1. The van der Waals surface area contributed by atoms with Crippen molar-refractivity contribution in [2.45, 2.75) is 103 Å². The Morgan fingerprint density at radius 3 is 1.80 bits per heavy atom. The van der Waals surface area contributed by atoms with Crippen LogP contribution in [0.1, 0.15) is 73.1 Å². The number of aliphatic carboxylic acids is 1. The summed E-state index contributed by atoms with van der Waals surface area (Å²) in [6.45, 7) is 14.6. The van der Waals surface area contributed by atoms with Crippen LogP contribution in [0.15, 0.2) is 0 Å². The maximum Gasteiger partial charge on any atom is 0.323 e. The molecule has 0 aromatic rings. The molecule has 0 radical (unpaired) electrons. The summed E-state index contributed by atoms with van der Waals surface area (Å²) in [4.78, 5) is 24.0. The number of esters is 1. The van der Waals surface area contributed by atoms with Gasteiger partial charge in [0.2, 0.25) is 0 Å². The predicted molar refractivity (Wildman–Crippen MR) is 101 cm³/mol. The van der Waals surface area contributed by atoms with Gasteiger partial charge in [0.05, 0.1) is 0 Å². The lowest BCUT2D eigenvalue weighted by atomic mass is 9.82. The molecule has 1 rings (SSSR count). The lowest BCUT2D eigenvalue weighted by Gasteiger charge is -2.41. The van der Waals surface area contributed by atoms with E-state index >= 15 is 0 Å². The van der Waals surface area contributed by atoms with Crippen LogP contribution in [-0.2, 0) is 18.8 Å². The average Bonchev–Trinajstić information content (AvgIpc) is 2.49. The first-order chi connectivity index (χ1) is 11.4. The first-order valence-electron chi connectivity index (χ1n) is 9.52. The van der Waals surface area contributed by atoms with Crippen molar-refractivity contribution < 1.29 is 23.9 Å². The first-order valence-corrected chi connectivity index (χ1v) is 12.4. The highest BCUT2D eigenvalue weighted by Gasteiger charge is 2.46. The minimum atomic E-state index is -1.79. The topological polar surface area (TPSA) is 72.8 Å². The second kappa shape index (κ2) is 8.21. The molecule has 0 saturated heterocycles. The Balaban J connectivity index is 2.60. The van der Waals surface area contributed by atoms with Gasteiger partial charge in [-0.15, -0.1) is 0 Å². The molecule has 1 aliphatic rings. The fourth-order valence-corrected chi connectivity index (χ4v) is 4.48. The number of rotatable bonds is 7. The molecule has 1 N–H and O–H groups in total. The maximum atomic E-state index is 12.5. The Morgan fingerprint density at radius 2 is 1.44 bits per heavy atom. The van der Waals surface area contributed by atoms with Crippen LogP contribution in [0.25, 0.3) is 0 Å². The van der Waals surface area contributed by atoms with E-state index in [4.69, 9.17) is 9.16 Å². The van der Waals surface area contributed by atoms with Crippen LogP contribution in [0.2, 0.25) is 18.1 Å². The SMILES string of the molecule is CCC(CC)(C(=O)O)C(=O)OC1CCC(O[Si](C)(C)C(C)(C)C)CC1. The molecule has 0 atom stereocenters. The molecule has 146 valence electrons. The Bertz CT molecular complexity index is 469. The van der Waals surface area contributed by atoms with Crippen molar-refractivity contribution in [3.05, 3.63) is 0 Å². The number of hydrogen-bond acceptors (Lipinski definition) is 4. The molecular weight excluding hydrogens is 336 g/mol. The van der Waals surface area contributed by atoms with Crippen LogP contribution >= 0.6 is 0 Å². The molecule has 1 saturated carbocycles. The summed E-state index contributed by atoms with van der Waals surface area (Å²) >= 11 is 0. The number of carboxylic acids is 1. The summed E-state index contributed by atoms with van der Waals surface area (Å²) in [5.74, 6) is -1.67. The molecule has 0 aromatic heterocycles. The first kappa shape index (κ1) is 22.2. The lowest BCUT2D eigenvalue weighted by Crippen LogP contribution is -2.46. The van der Waals surface area contributed by atoms with Crippen molar-refractivity contribution in [2.24, 2.45) is 5.41 Å². The summed E-state index contributed by atoms with van der Waals surface area (Å²) in [5.41, 5.74) is -1.41. The van der Waals surface area contributed by atoms with E-state index in [-0.39, 0.29) is 30.1 Å². The van der Waals surface area contributed by atoms with E-state index in [0.29, 0.717) is 0 Å². The number of carbonyl (C=O) groups excluding carboxylic acids is 1. The summed E-state index contributed by atoms with van der Waals surface area (Å²) in [7, 11) is -1.79. The van der Waals surface area contributed by atoms with Gasteiger partial charge in [-0.05, 0) is 56.7 Å². The quantitative estimate of drug-likeness (QED) is 0.396. The van der Waals surface area contributed by atoms with Crippen LogP contribution in [-0.4, -0.2) is 37.6 Å². The third-order valence-electron chi connectivity index (χ3n) is 6.17. The van der Waals surface area contributed by atoms with Gasteiger partial charge in [0.1, 0.15) is 6.10 Å². The molecule has 0 spiro atoms. The molecule has 0 aromatic carbocycles. The van der Waals surface area contributed by atoms with Crippen LogP contribution in [0, 0.1) is 5.41 Å². The van der Waals surface area contributed by atoms with Gasteiger partial charge in [-0.25, -0.2) is 0 Å². The Morgan fingerprint density at radius 1 is 1.00 bits per heavy atom. The predicted octanol–water partition coefficient (Wildman–Crippen LogP) is 4.75. The number of carbonyl (C=O) groups is 2. The highest BCUT2D eigenvalue weighted by Crippen LogP contribution is 2.39. The summed E-state index contributed by atoms with van der Waals surface area (Å²) in [5, 5.41) is 9.63. The zero-order chi connectivity index (χ0) is 19.5. The fraction of sp³-hybridized carbons (Fsp3) is 0.895. The molecule has 0 aliphatic heterocycles. The molecule has 0 heterocycles. The second-order valence-electron chi connectivity index (χ2n) is 8.78. The van der Waals surface area contributed by atoms with E-state index < -0.39 is 25.7 Å². The van der Waals surface area contributed by atoms with Gasteiger partial charge in [-0.1, -0.05) is 34.6 Å². The molecule has 25 heavy (non-hydrogen) atoms. The Hall–Kier alpha value is -0.883. The van der Waals surface area contributed by atoms with Crippen molar-refractivity contribution in [3.63, 3.8) is 0 Å². The highest BCUT2D eigenvalue weighted by atomic mass is 28.4. The third-order valence-corrected chi connectivity index (χ3v) is 10.7. The van der Waals surface area contributed by atoms with Gasteiger partial charge < -0.3 is 14.3 Å². The highest BCUT2D eigenvalue weighted by molar-refractivity contribution is 6.74. The monoisotopic (exact) mass is 372 g/mol. The summed E-state index contributed by atoms with van der Waals surface area (Å²) in [6.07, 6.45) is 3.75. The van der Waals surface area contributed by atoms with Gasteiger partial charge in [0.25, 0.3) is 0 Å². The van der Waals surface area contributed by atoms with Gasteiger partial charge in [-0.3, -0.25) is 9.59 Å². The lowest BCUT2D eigenvalue weighted by molar-refractivity contribution is -0.175. The Labute approximate surface area is 153 Å². The zero-order valence-electron chi connectivity index (χ0n) is 17.0. The Kier molecular flexibility index (Phi) is 7.27. The number of carboxylic acid groups (broad SMARTS) is 1. The number of ether oxygens (including phenoxy) is 1. The van der Waals surface area contributed by atoms with Crippen molar-refractivity contribution in [3.8, 4) is 0 Å². The molecule has 0 unspecified atom stereocenters. The van der Waals surface area contributed by atoms with Gasteiger partial charge in [0, 0.05) is 6.10 Å². The minimum absolute atomic E-state index is 0.180. The zero-order valence-corrected chi connectivity index (χ0v) is 18.0. The second-order valence-corrected chi connectivity index (χ2v) is 13.5. The van der Waals surface area contributed by atoms with Crippen molar-refractivity contribution >= 4 is 20.3 Å². The summed E-state index contributed by atoms with van der Waals surface area (Å²) in [6, 6.07) is 0. The molecule has 1 fully saturated rings. The minimum Gasteiger partial charge on any atom is -0.480 e. The molecule has 5 nitrogen and oxygen atoms in total. The van der Waals surface area contributed by atoms with Gasteiger partial charge >= 0.3 is 11.9 Å². The van der Waals surface area contributed by atoms with E-state index in [1.807, 2.05) is 0 Å². The van der Waals surface area contributed by atoms with Gasteiger partial charge in [-0.2, -0.15) is 0 Å². The third kappa shape index (κ3) is 5.06. The van der Waals surface area contributed by atoms with E-state index in [9.17, 15) is 14.7 Å². The van der Waals surface area contributed by atoms with E-state index in [0.717, 1.165) is 25.7 Å². The molecule has 0 bridgehead atoms. The van der Waals surface area contributed by atoms with Crippen molar-refractivity contribution in [1.82, 2.24) is 0 Å². The maximum absolute atomic E-state index is 12.5. The molecular formula is C19H36O5Si. The largest absolute Gasteiger partial charge is 0.480 e. The van der Waals surface area contributed by atoms with Crippen LogP contribution in [0.5, 0.6) is 0 Å². The van der Waals surface area contributed by atoms with E-state index in [2.05, 4.69) is 33.9 Å². The smallest absolute Gasteiger partial charge is 0.323 e. The fourth-order valence-electron chi connectivity index (χ4n) is 3.05. The molecule has 1 aliphatic carbocycles. The van der Waals surface area contributed by atoms with Crippen LogP contribution < -0.4 is 0 Å². The molecule has 6 heteroatoms. The average molecular weight is 373 g/mol. The van der Waals surface area contributed by atoms with Crippen molar-refractivity contribution in [1.29, 1.82) is 0 Å². The van der Waals surface area contributed by atoms with E-state index in [1.165, 1.54) is 0 Å². The normalized spacial score (nSPS) is 22.5.